The molecule has 0 aliphatic carbocycles. The molecule has 2 atom stereocenters. The molecule has 0 bridgehead atoms. The largest absolute Gasteiger partial charge is 0.381 e. The summed E-state index contributed by atoms with van der Waals surface area (Å²) in [7, 11) is 2.21. The Hall–Kier alpha value is -0.0800. The van der Waals surface area contributed by atoms with Gasteiger partial charge in [-0.25, -0.2) is 0 Å². The van der Waals surface area contributed by atoms with Crippen molar-refractivity contribution < 1.29 is 4.74 Å². The molecule has 0 saturated carbocycles. The molecule has 2 aliphatic heterocycles. The smallest absolute Gasteiger partial charge is 0.0538 e. The highest BCUT2D eigenvalue weighted by Crippen LogP contribution is 2.41. The Balaban J connectivity index is 0.000000396. The molecule has 13 heavy (non-hydrogen) atoms. The standard InChI is InChI=1S/C9H17NO.C2H6/c1-8-5-11-7-9(8)3-4-10(2)6-9;1-2/h8H,3-7H2,1-2H3;1-2H3. The summed E-state index contributed by atoms with van der Waals surface area (Å²) < 4.78 is 5.52. The van der Waals surface area contributed by atoms with Gasteiger partial charge in [-0.3, -0.25) is 0 Å². The van der Waals surface area contributed by atoms with E-state index < -0.39 is 0 Å². The first-order valence-electron chi connectivity index (χ1n) is 5.49. The van der Waals surface area contributed by atoms with E-state index in [2.05, 4.69) is 18.9 Å². The van der Waals surface area contributed by atoms with Crippen LogP contribution >= 0.6 is 0 Å². The van der Waals surface area contributed by atoms with Crippen LogP contribution in [-0.4, -0.2) is 38.3 Å². The highest BCUT2D eigenvalue weighted by molar-refractivity contribution is 4.95. The molecule has 2 aliphatic rings. The Morgan fingerprint density at radius 3 is 2.46 bits per heavy atom. The van der Waals surface area contributed by atoms with E-state index in [-0.39, 0.29) is 0 Å². The average Bonchev–Trinajstić information content (AvgIpc) is 2.67. The van der Waals surface area contributed by atoms with Crippen molar-refractivity contribution in [1.29, 1.82) is 0 Å². The second kappa shape index (κ2) is 4.43. The first kappa shape index (κ1) is 11.0. The minimum absolute atomic E-state index is 0.523. The number of nitrogens with zero attached hydrogens (tertiary/aromatic N) is 1. The van der Waals surface area contributed by atoms with Gasteiger partial charge < -0.3 is 9.64 Å². The zero-order valence-electron chi connectivity index (χ0n) is 9.47. The van der Waals surface area contributed by atoms with Gasteiger partial charge in [0.15, 0.2) is 0 Å². The first-order chi connectivity index (χ1) is 6.23. The Kier molecular flexibility index (Phi) is 3.74. The maximum absolute atomic E-state index is 5.52. The lowest BCUT2D eigenvalue weighted by Crippen LogP contribution is -2.30. The van der Waals surface area contributed by atoms with Gasteiger partial charge in [0.1, 0.15) is 0 Å². The van der Waals surface area contributed by atoms with Gasteiger partial charge in [-0.2, -0.15) is 0 Å². The molecule has 0 amide bonds. The van der Waals surface area contributed by atoms with Crippen LogP contribution in [-0.2, 0) is 4.74 Å². The summed E-state index contributed by atoms with van der Waals surface area (Å²) in [5, 5.41) is 0. The van der Waals surface area contributed by atoms with Gasteiger partial charge in [0.2, 0.25) is 0 Å². The lowest BCUT2D eigenvalue weighted by atomic mass is 9.78. The molecule has 0 aromatic carbocycles. The van der Waals surface area contributed by atoms with Gasteiger partial charge >= 0.3 is 0 Å². The molecule has 1 spiro atoms. The predicted octanol–water partition coefficient (Wildman–Crippen LogP) is 2.00. The fourth-order valence-corrected chi connectivity index (χ4v) is 2.39. The fourth-order valence-electron chi connectivity index (χ4n) is 2.39. The molecular formula is C11H23NO. The highest BCUT2D eigenvalue weighted by Gasteiger charge is 2.45. The molecule has 2 saturated heterocycles. The lowest BCUT2D eigenvalue weighted by molar-refractivity contribution is 0.154. The van der Waals surface area contributed by atoms with Crippen LogP contribution in [0.4, 0.5) is 0 Å². The van der Waals surface area contributed by atoms with Crippen molar-refractivity contribution in [3.8, 4) is 0 Å². The maximum atomic E-state index is 5.52. The van der Waals surface area contributed by atoms with Crippen LogP contribution in [0, 0.1) is 11.3 Å². The van der Waals surface area contributed by atoms with Crippen molar-refractivity contribution in [2.75, 3.05) is 33.4 Å². The van der Waals surface area contributed by atoms with Gasteiger partial charge in [-0.05, 0) is 25.9 Å². The molecule has 0 radical (unpaired) electrons. The van der Waals surface area contributed by atoms with Gasteiger partial charge in [-0.1, -0.05) is 20.8 Å². The van der Waals surface area contributed by atoms with Gasteiger partial charge in [0.25, 0.3) is 0 Å². The van der Waals surface area contributed by atoms with E-state index in [0.29, 0.717) is 5.41 Å². The van der Waals surface area contributed by atoms with E-state index in [9.17, 15) is 0 Å². The molecule has 2 unspecified atom stereocenters. The van der Waals surface area contributed by atoms with Crippen LogP contribution < -0.4 is 0 Å². The van der Waals surface area contributed by atoms with Crippen LogP contribution in [0.1, 0.15) is 27.2 Å². The van der Waals surface area contributed by atoms with Crippen molar-refractivity contribution in [2.45, 2.75) is 27.2 Å². The Morgan fingerprint density at radius 2 is 2.08 bits per heavy atom. The molecule has 2 heterocycles. The molecular weight excluding hydrogens is 162 g/mol. The second-order valence-corrected chi connectivity index (χ2v) is 4.27. The predicted molar refractivity (Wildman–Crippen MR) is 55.9 cm³/mol. The van der Waals surface area contributed by atoms with Gasteiger partial charge in [-0.15, -0.1) is 0 Å². The first-order valence-corrected chi connectivity index (χ1v) is 5.49. The number of hydrogen-bond donors (Lipinski definition) is 0. The summed E-state index contributed by atoms with van der Waals surface area (Å²) in [5.41, 5.74) is 0.523. The minimum atomic E-state index is 0.523. The molecule has 2 heteroatoms. The molecule has 0 aromatic heterocycles. The van der Waals surface area contributed by atoms with Gasteiger partial charge in [0, 0.05) is 18.6 Å². The SMILES string of the molecule is CC.CC1COCC12CCN(C)C2. The summed E-state index contributed by atoms with van der Waals surface area (Å²) in [4.78, 5) is 2.42. The van der Waals surface area contributed by atoms with Crippen molar-refractivity contribution in [2.24, 2.45) is 11.3 Å². The van der Waals surface area contributed by atoms with E-state index in [4.69, 9.17) is 4.74 Å². The molecule has 2 nitrogen and oxygen atoms in total. The third kappa shape index (κ3) is 2.05. The van der Waals surface area contributed by atoms with Crippen LogP contribution in [0.5, 0.6) is 0 Å². The minimum Gasteiger partial charge on any atom is -0.381 e. The fraction of sp³-hybridized carbons (Fsp3) is 1.00. The molecule has 2 fully saturated rings. The van der Waals surface area contributed by atoms with Crippen molar-refractivity contribution in [3.63, 3.8) is 0 Å². The zero-order chi connectivity index (χ0) is 9.90. The third-order valence-electron chi connectivity index (χ3n) is 3.38. The van der Waals surface area contributed by atoms with Crippen LogP contribution in [0.25, 0.3) is 0 Å². The second-order valence-electron chi connectivity index (χ2n) is 4.27. The summed E-state index contributed by atoms with van der Waals surface area (Å²) in [6.07, 6.45) is 1.34. The van der Waals surface area contributed by atoms with E-state index in [1.165, 1.54) is 19.5 Å². The monoisotopic (exact) mass is 185 g/mol. The zero-order valence-corrected chi connectivity index (χ0v) is 9.47. The van der Waals surface area contributed by atoms with Gasteiger partial charge in [0.05, 0.1) is 6.61 Å². The highest BCUT2D eigenvalue weighted by atomic mass is 16.5. The topological polar surface area (TPSA) is 12.5 Å². The quantitative estimate of drug-likeness (QED) is 0.572. The summed E-state index contributed by atoms with van der Waals surface area (Å²) in [5.74, 6) is 0.771. The maximum Gasteiger partial charge on any atom is 0.0538 e. The summed E-state index contributed by atoms with van der Waals surface area (Å²) in [6, 6.07) is 0. The molecule has 2 rings (SSSR count). The summed E-state index contributed by atoms with van der Waals surface area (Å²) in [6.45, 7) is 10.8. The van der Waals surface area contributed by atoms with E-state index in [1.54, 1.807) is 0 Å². The van der Waals surface area contributed by atoms with E-state index >= 15 is 0 Å². The number of likely N-dealkylation sites (tertiary alicyclic amines) is 1. The van der Waals surface area contributed by atoms with E-state index in [1.807, 2.05) is 13.8 Å². The van der Waals surface area contributed by atoms with Crippen LogP contribution in [0.3, 0.4) is 0 Å². The van der Waals surface area contributed by atoms with E-state index in [0.717, 1.165) is 19.1 Å². The van der Waals surface area contributed by atoms with Crippen molar-refractivity contribution in [3.05, 3.63) is 0 Å². The van der Waals surface area contributed by atoms with Crippen molar-refractivity contribution >= 4 is 0 Å². The number of hydrogen-bond acceptors (Lipinski definition) is 2. The summed E-state index contributed by atoms with van der Waals surface area (Å²) >= 11 is 0. The molecule has 78 valence electrons. The normalized spacial score (nSPS) is 39.2. The van der Waals surface area contributed by atoms with Crippen LogP contribution in [0.15, 0.2) is 0 Å². The number of rotatable bonds is 0. The Labute approximate surface area is 82.3 Å². The Morgan fingerprint density at radius 1 is 1.38 bits per heavy atom. The average molecular weight is 185 g/mol. The molecule has 0 N–H and O–H groups in total. The molecule has 0 aromatic rings. The Bertz CT molecular complexity index is 160. The number of ether oxygens (including phenoxy) is 1. The third-order valence-corrected chi connectivity index (χ3v) is 3.38. The lowest BCUT2D eigenvalue weighted by Gasteiger charge is -2.25. The van der Waals surface area contributed by atoms with Crippen LogP contribution in [0.2, 0.25) is 0 Å². The van der Waals surface area contributed by atoms with Crippen molar-refractivity contribution in [1.82, 2.24) is 4.90 Å².